The molecule has 0 aliphatic carbocycles. The minimum atomic E-state index is -0.102. The number of ether oxygens (including phenoxy) is 1. The van der Waals surface area contributed by atoms with Gasteiger partial charge in [-0.2, -0.15) is 0 Å². The second-order valence-corrected chi connectivity index (χ2v) is 5.32. The Morgan fingerprint density at radius 3 is 3.05 bits per heavy atom. The van der Waals surface area contributed by atoms with Crippen LogP contribution in [0.15, 0.2) is 4.42 Å². The Morgan fingerprint density at radius 1 is 1.35 bits per heavy atom. The average Bonchev–Trinajstić information content (AvgIpc) is 3.18. The van der Waals surface area contributed by atoms with Gasteiger partial charge in [-0.25, -0.2) is 0 Å². The van der Waals surface area contributed by atoms with Crippen LogP contribution < -0.4 is 10.6 Å². The SMILES string of the molecule is O=C(CCC1CCCO1)Nc1nnc(C2CCCN2)o1. The molecule has 2 aliphatic rings. The summed E-state index contributed by atoms with van der Waals surface area (Å²) >= 11 is 0. The number of anilines is 1. The zero-order valence-corrected chi connectivity index (χ0v) is 11.4. The van der Waals surface area contributed by atoms with E-state index in [4.69, 9.17) is 9.15 Å². The summed E-state index contributed by atoms with van der Waals surface area (Å²) in [5.41, 5.74) is 0. The highest BCUT2D eigenvalue weighted by molar-refractivity contribution is 5.88. The Kier molecular flexibility index (Phi) is 4.27. The number of nitrogens with one attached hydrogen (secondary N) is 2. The molecule has 0 saturated carbocycles. The van der Waals surface area contributed by atoms with Gasteiger partial charge in [-0.1, -0.05) is 5.10 Å². The molecular weight excluding hydrogens is 260 g/mol. The van der Waals surface area contributed by atoms with E-state index >= 15 is 0 Å². The molecule has 0 radical (unpaired) electrons. The van der Waals surface area contributed by atoms with Crippen LogP contribution in [0.4, 0.5) is 6.01 Å². The topological polar surface area (TPSA) is 89.3 Å². The normalized spacial score (nSPS) is 26.0. The number of carbonyl (C=O) groups excluding carboxylic acids is 1. The third kappa shape index (κ3) is 3.34. The van der Waals surface area contributed by atoms with E-state index in [1.54, 1.807) is 0 Å². The molecule has 20 heavy (non-hydrogen) atoms. The molecule has 0 aromatic carbocycles. The summed E-state index contributed by atoms with van der Waals surface area (Å²) in [6.07, 6.45) is 5.63. The van der Waals surface area contributed by atoms with Crippen molar-refractivity contribution in [3.63, 3.8) is 0 Å². The standard InChI is InChI=1S/C13H20N4O3/c18-11(6-5-9-3-2-8-19-9)15-13-17-16-12(20-13)10-4-1-7-14-10/h9-10,14H,1-8H2,(H,15,17,18). The summed E-state index contributed by atoms with van der Waals surface area (Å²) in [4.78, 5) is 11.8. The third-order valence-electron chi connectivity index (χ3n) is 3.76. The Hall–Kier alpha value is -1.47. The van der Waals surface area contributed by atoms with Gasteiger partial charge in [0, 0.05) is 13.0 Å². The first kappa shape index (κ1) is 13.5. The number of hydrogen-bond acceptors (Lipinski definition) is 6. The van der Waals surface area contributed by atoms with Crippen LogP contribution in [-0.4, -0.2) is 35.4 Å². The molecule has 2 N–H and O–H groups in total. The minimum absolute atomic E-state index is 0.102. The molecule has 1 aromatic heterocycles. The summed E-state index contributed by atoms with van der Waals surface area (Å²) in [5.74, 6) is 0.451. The Morgan fingerprint density at radius 2 is 2.30 bits per heavy atom. The summed E-state index contributed by atoms with van der Waals surface area (Å²) in [5, 5.41) is 13.8. The number of nitrogens with zero attached hydrogens (tertiary/aromatic N) is 2. The molecule has 0 spiro atoms. The molecular formula is C13H20N4O3. The van der Waals surface area contributed by atoms with Crippen LogP contribution in [0, 0.1) is 0 Å². The van der Waals surface area contributed by atoms with Crippen LogP contribution in [0.5, 0.6) is 0 Å². The smallest absolute Gasteiger partial charge is 0.322 e. The van der Waals surface area contributed by atoms with E-state index in [2.05, 4.69) is 20.8 Å². The molecule has 2 saturated heterocycles. The third-order valence-corrected chi connectivity index (χ3v) is 3.76. The maximum absolute atomic E-state index is 11.8. The lowest BCUT2D eigenvalue weighted by atomic mass is 10.1. The van der Waals surface area contributed by atoms with E-state index in [1.807, 2.05) is 0 Å². The first-order chi connectivity index (χ1) is 9.81. The molecule has 7 nitrogen and oxygen atoms in total. The van der Waals surface area contributed by atoms with Gasteiger partial charge in [0.05, 0.1) is 12.1 Å². The van der Waals surface area contributed by atoms with E-state index in [0.717, 1.165) is 45.3 Å². The second kappa shape index (κ2) is 6.32. The van der Waals surface area contributed by atoms with E-state index < -0.39 is 0 Å². The van der Waals surface area contributed by atoms with Gasteiger partial charge < -0.3 is 14.5 Å². The Balaban J connectivity index is 1.45. The number of aromatic nitrogens is 2. The summed E-state index contributed by atoms with van der Waals surface area (Å²) < 4.78 is 10.9. The first-order valence-electron chi connectivity index (χ1n) is 7.29. The second-order valence-electron chi connectivity index (χ2n) is 5.32. The fourth-order valence-corrected chi connectivity index (χ4v) is 2.67. The molecule has 3 heterocycles. The van der Waals surface area contributed by atoms with E-state index in [-0.39, 0.29) is 24.1 Å². The van der Waals surface area contributed by atoms with Gasteiger partial charge in [0.2, 0.25) is 11.8 Å². The number of rotatable bonds is 5. The van der Waals surface area contributed by atoms with Crippen molar-refractivity contribution in [2.24, 2.45) is 0 Å². The summed E-state index contributed by atoms with van der Waals surface area (Å²) in [6, 6.07) is 0.311. The minimum Gasteiger partial charge on any atom is -0.406 e. The van der Waals surface area contributed by atoms with Crippen molar-refractivity contribution in [3.05, 3.63) is 5.89 Å². The maximum atomic E-state index is 11.8. The van der Waals surface area contributed by atoms with E-state index in [1.165, 1.54) is 0 Å². The van der Waals surface area contributed by atoms with Crippen molar-refractivity contribution in [1.29, 1.82) is 0 Å². The van der Waals surface area contributed by atoms with E-state index in [0.29, 0.717) is 12.3 Å². The van der Waals surface area contributed by atoms with Crippen molar-refractivity contribution < 1.29 is 13.9 Å². The number of carbonyl (C=O) groups is 1. The van der Waals surface area contributed by atoms with Gasteiger partial charge in [-0.15, -0.1) is 5.10 Å². The molecule has 1 amide bonds. The van der Waals surface area contributed by atoms with Crippen LogP contribution in [-0.2, 0) is 9.53 Å². The Bertz CT molecular complexity index is 450. The van der Waals surface area contributed by atoms with Crippen molar-refractivity contribution in [1.82, 2.24) is 15.5 Å². The Labute approximate surface area is 117 Å². The zero-order chi connectivity index (χ0) is 13.8. The molecule has 2 unspecified atom stereocenters. The molecule has 2 fully saturated rings. The van der Waals surface area contributed by atoms with Crippen molar-refractivity contribution in [2.45, 2.75) is 50.7 Å². The maximum Gasteiger partial charge on any atom is 0.322 e. The zero-order valence-electron chi connectivity index (χ0n) is 11.4. The van der Waals surface area contributed by atoms with Crippen LogP contribution in [0.1, 0.15) is 50.5 Å². The monoisotopic (exact) mass is 280 g/mol. The van der Waals surface area contributed by atoms with Gasteiger partial charge in [0.15, 0.2) is 0 Å². The fraction of sp³-hybridized carbons (Fsp3) is 0.769. The lowest BCUT2D eigenvalue weighted by Crippen LogP contribution is -2.15. The summed E-state index contributed by atoms with van der Waals surface area (Å²) in [7, 11) is 0. The molecule has 2 aliphatic heterocycles. The van der Waals surface area contributed by atoms with Gasteiger partial charge in [0.1, 0.15) is 0 Å². The molecule has 7 heteroatoms. The molecule has 3 rings (SSSR count). The number of amides is 1. The summed E-state index contributed by atoms with van der Waals surface area (Å²) in [6.45, 7) is 1.78. The lowest BCUT2D eigenvalue weighted by Gasteiger charge is -2.07. The molecule has 110 valence electrons. The quantitative estimate of drug-likeness (QED) is 0.847. The predicted molar refractivity (Wildman–Crippen MR) is 71.1 cm³/mol. The lowest BCUT2D eigenvalue weighted by molar-refractivity contribution is -0.116. The fourth-order valence-electron chi connectivity index (χ4n) is 2.67. The largest absolute Gasteiger partial charge is 0.406 e. The predicted octanol–water partition coefficient (Wildman–Crippen LogP) is 1.39. The first-order valence-corrected chi connectivity index (χ1v) is 7.29. The van der Waals surface area contributed by atoms with Crippen molar-refractivity contribution in [2.75, 3.05) is 18.5 Å². The van der Waals surface area contributed by atoms with Crippen LogP contribution >= 0.6 is 0 Å². The van der Waals surface area contributed by atoms with Crippen LogP contribution in [0.25, 0.3) is 0 Å². The van der Waals surface area contributed by atoms with Crippen molar-refractivity contribution >= 4 is 11.9 Å². The highest BCUT2D eigenvalue weighted by Crippen LogP contribution is 2.23. The number of hydrogen-bond donors (Lipinski definition) is 2. The average molecular weight is 280 g/mol. The van der Waals surface area contributed by atoms with Gasteiger partial charge in [-0.05, 0) is 38.6 Å². The molecule has 2 atom stereocenters. The van der Waals surface area contributed by atoms with E-state index in [9.17, 15) is 4.79 Å². The van der Waals surface area contributed by atoms with Gasteiger partial charge >= 0.3 is 6.01 Å². The van der Waals surface area contributed by atoms with Crippen LogP contribution in [0.2, 0.25) is 0 Å². The molecule has 0 bridgehead atoms. The van der Waals surface area contributed by atoms with Crippen LogP contribution in [0.3, 0.4) is 0 Å². The van der Waals surface area contributed by atoms with Gasteiger partial charge in [-0.3, -0.25) is 10.1 Å². The van der Waals surface area contributed by atoms with Gasteiger partial charge in [0.25, 0.3) is 0 Å². The van der Waals surface area contributed by atoms with Crippen molar-refractivity contribution in [3.8, 4) is 0 Å². The molecule has 1 aromatic rings. The highest BCUT2D eigenvalue weighted by Gasteiger charge is 2.23. The highest BCUT2D eigenvalue weighted by atomic mass is 16.5.